The van der Waals surface area contributed by atoms with Crippen molar-refractivity contribution in [3.05, 3.63) is 42.5 Å². The minimum absolute atomic E-state index is 0.000942. The first-order valence-corrected chi connectivity index (χ1v) is 8.71. The molecule has 0 bridgehead atoms. The van der Waals surface area contributed by atoms with Crippen LogP contribution in [0.15, 0.2) is 36.9 Å². The minimum Gasteiger partial charge on any atom is -0.367 e. The van der Waals surface area contributed by atoms with Gasteiger partial charge in [0.05, 0.1) is 17.9 Å². The normalized spacial score (nSPS) is 18.7. The van der Waals surface area contributed by atoms with Gasteiger partial charge in [0, 0.05) is 51.8 Å². The van der Waals surface area contributed by atoms with Gasteiger partial charge in [-0.3, -0.25) is 9.67 Å². The number of hydrogen-bond donors (Lipinski definition) is 1. The molecule has 0 aliphatic carbocycles. The standard InChI is InChI=1S/C18H26N6O/c1-14(15-6-8-19-9-7-15)23(3)18(25)21-16-5-4-10-24(12-16)17-11-20-22(2)13-17/h6-9,11,13-14,16H,4-5,10,12H2,1-3H3,(H,21,25)/t14-,16+/m0/s1. The Balaban J connectivity index is 1.58. The largest absolute Gasteiger partial charge is 0.367 e. The van der Waals surface area contributed by atoms with Gasteiger partial charge in [0.2, 0.25) is 0 Å². The lowest BCUT2D eigenvalue weighted by Gasteiger charge is -2.35. The molecule has 2 aromatic heterocycles. The Labute approximate surface area is 148 Å². The van der Waals surface area contributed by atoms with Crippen molar-refractivity contribution in [2.45, 2.75) is 31.8 Å². The second-order valence-corrected chi connectivity index (χ2v) is 6.67. The van der Waals surface area contributed by atoms with Gasteiger partial charge in [0.1, 0.15) is 0 Å². The number of aromatic nitrogens is 3. The molecule has 0 spiro atoms. The summed E-state index contributed by atoms with van der Waals surface area (Å²) in [6.07, 6.45) is 9.46. The molecule has 3 heterocycles. The fourth-order valence-corrected chi connectivity index (χ4v) is 3.22. The molecule has 2 aromatic rings. The first-order chi connectivity index (χ1) is 12.0. The van der Waals surface area contributed by atoms with Crippen molar-refractivity contribution in [1.82, 2.24) is 25.0 Å². The number of nitrogens with zero attached hydrogens (tertiary/aromatic N) is 5. The predicted molar refractivity (Wildman–Crippen MR) is 97.4 cm³/mol. The van der Waals surface area contributed by atoms with E-state index in [1.807, 2.05) is 50.2 Å². The third kappa shape index (κ3) is 4.10. The maximum Gasteiger partial charge on any atom is 0.317 e. The van der Waals surface area contributed by atoms with Gasteiger partial charge in [-0.05, 0) is 37.5 Å². The molecule has 2 amide bonds. The van der Waals surface area contributed by atoms with Crippen LogP contribution in [0, 0.1) is 0 Å². The zero-order valence-electron chi connectivity index (χ0n) is 15.1. The van der Waals surface area contributed by atoms with Crippen molar-refractivity contribution < 1.29 is 4.79 Å². The van der Waals surface area contributed by atoms with E-state index < -0.39 is 0 Å². The molecule has 25 heavy (non-hydrogen) atoms. The van der Waals surface area contributed by atoms with Crippen molar-refractivity contribution in [3.63, 3.8) is 0 Å². The van der Waals surface area contributed by atoms with E-state index in [1.54, 1.807) is 17.3 Å². The topological polar surface area (TPSA) is 66.3 Å². The van der Waals surface area contributed by atoms with Crippen LogP contribution in [-0.4, -0.2) is 51.9 Å². The van der Waals surface area contributed by atoms with E-state index >= 15 is 0 Å². The summed E-state index contributed by atoms with van der Waals surface area (Å²) in [4.78, 5) is 20.7. The molecule has 0 unspecified atom stereocenters. The molecule has 3 rings (SSSR count). The average Bonchev–Trinajstić information content (AvgIpc) is 3.08. The highest BCUT2D eigenvalue weighted by molar-refractivity contribution is 5.75. The molecule has 0 saturated carbocycles. The van der Waals surface area contributed by atoms with Crippen LogP contribution in [-0.2, 0) is 7.05 Å². The Morgan fingerprint density at radius 2 is 2.16 bits per heavy atom. The first kappa shape index (κ1) is 17.3. The van der Waals surface area contributed by atoms with Crippen LogP contribution in [0.5, 0.6) is 0 Å². The Morgan fingerprint density at radius 3 is 2.84 bits per heavy atom. The van der Waals surface area contributed by atoms with Gasteiger partial charge in [-0.15, -0.1) is 0 Å². The average molecular weight is 342 g/mol. The highest BCUT2D eigenvalue weighted by Crippen LogP contribution is 2.21. The van der Waals surface area contributed by atoms with E-state index in [0.29, 0.717) is 0 Å². The Kier molecular flexibility index (Phi) is 5.21. The van der Waals surface area contributed by atoms with Gasteiger partial charge >= 0.3 is 6.03 Å². The summed E-state index contributed by atoms with van der Waals surface area (Å²) in [7, 11) is 3.75. The van der Waals surface area contributed by atoms with Crippen molar-refractivity contribution in [2.75, 3.05) is 25.0 Å². The highest BCUT2D eigenvalue weighted by atomic mass is 16.2. The number of carbonyl (C=O) groups excluding carboxylic acids is 1. The van der Waals surface area contributed by atoms with Crippen LogP contribution < -0.4 is 10.2 Å². The molecular weight excluding hydrogens is 316 g/mol. The van der Waals surface area contributed by atoms with E-state index in [4.69, 9.17) is 0 Å². The number of nitrogens with one attached hydrogen (secondary N) is 1. The van der Waals surface area contributed by atoms with Crippen LogP contribution in [0.1, 0.15) is 31.4 Å². The van der Waals surface area contributed by atoms with Crippen LogP contribution in [0.2, 0.25) is 0 Å². The quantitative estimate of drug-likeness (QED) is 0.925. The Hall–Kier alpha value is -2.57. The number of hydrogen-bond acceptors (Lipinski definition) is 4. The molecule has 7 nitrogen and oxygen atoms in total. The molecule has 134 valence electrons. The van der Waals surface area contributed by atoms with Gasteiger partial charge in [0.15, 0.2) is 0 Å². The molecule has 2 atom stereocenters. The first-order valence-electron chi connectivity index (χ1n) is 8.71. The molecular formula is C18H26N6O. The van der Waals surface area contributed by atoms with Crippen LogP contribution >= 0.6 is 0 Å². The van der Waals surface area contributed by atoms with E-state index in [2.05, 4.69) is 20.3 Å². The monoisotopic (exact) mass is 342 g/mol. The van der Waals surface area contributed by atoms with Gasteiger partial charge in [-0.1, -0.05) is 0 Å². The van der Waals surface area contributed by atoms with E-state index in [1.165, 1.54) is 0 Å². The smallest absolute Gasteiger partial charge is 0.317 e. The molecule has 1 N–H and O–H groups in total. The summed E-state index contributed by atoms with van der Waals surface area (Å²) >= 11 is 0. The predicted octanol–water partition coefficient (Wildman–Crippen LogP) is 2.19. The molecule has 0 radical (unpaired) electrons. The van der Waals surface area contributed by atoms with Gasteiger partial charge in [-0.2, -0.15) is 5.10 Å². The molecule has 7 heteroatoms. The summed E-state index contributed by atoms with van der Waals surface area (Å²) in [5.74, 6) is 0. The van der Waals surface area contributed by atoms with Gasteiger partial charge in [-0.25, -0.2) is 4.79 Å². The zero-order chi connectivity index (χ0) is 17.8. The van der Waals surface area contributed by atoms with Crippen LogP contribution in [0.25, 0.3) is 0 Å². The van der Waals surface area contributed by atoms with Crippen LogP contribution in [0.4, 0.5) is 10.5 Å². The number of aryl methyl sites for hydroxylation is 1. The molecule has 1 aliphatic rings. The number of pyridine rings is 1. The van der Waals surface area contributed by atoms with Crippen molar-refractivity contribution in [1.29, 1.82) is 0 Å². The van der Waals surface area contributed by atoms with Crippen LogP contribution in [0.3, 0.4) is 0 Å². The summed E-state index contributed by atoms with van der Waals surface area (Å²) in [5, 5.41) is 7.42. The second-order valence-electron chi connectivity index (χ2n) is 6.67. The third-order valence-corrected chi connectivity index (χ3v) is 4.90. The van der Waals surface area contributed by atoms with E-state index in [0.717, 1.165) is 37.2 Å². The maximum atomic E-state index is 12.6. The Morgan fingerprint density at radius 1 is 1.40 bits per heavy atom. The van der Waals surface area contributed by atoms with Crippen molar-refractivity contribution in [3.8, 4) is 0 Å². The van der Waals surface area contributed by atoms with Gasteiger partial charge < -0.3 is 15.1 Å². The second kappa shape index (κ2) is 7.55. The lowest BCUT2D eigenvalue weighted by molar-refractivity contribution is 0.188. The molecule has 0 aromatic carbocycles. The lowest BCUT2D eigenvalue weighted by Crippen LogP contribution is -2.51. The van der Waals surface area contributed by atoms with Gasteiger partial charge in [0.25, 0.3) is 0 Å². The number of anilines is 1. The van der Waals surface area contributed by atoms with E-state index in [9.17, 15) is 4.79 Å². The lowest BCUT2D eigenvalue weighted by atomic mass is 10.1. The maximum absolute atomic E-state index is 12.6. The number of rotatable bonds is 4. The van der Waals surface area contributed by atoms with E-state index in [-0.39, 0.29) is 18.1 Å². The fourth-order valence-electron chi connectivity index (χ4n) is 3.22. The van der Waals surface area contributed by atoms with Crippen molar-refractivity contribution >= 4 is 11.7 Å². The minimum atomic E-state index is -0.0395. The summed E-state index contributed by atoms with van der Waals surface area (Å²) < 4.78 is 1.81. The molecule has 1 fully saturated rings. The fraction of sp³-hybridized carbons (Fsp3) is 0.500. The zero-order valence-corrected chi connectivity index (χ0v) is 15.1. The summed E-state index contributed by atoms with van der Waals surface area (Å²) in [5.41, 5.74) is 2.19. The number of piperidine rings is 1. The summed E-state index contributed by atoms with van der Waals surface area (Å²) in [6, 6.07) is 4.00. The number of amides is 2. The van der Waals surface area contributed by atoms with Crippen molar-refractivity contribution in [2.24, 2.45) is 7.05 Å². The Bertz CT molecular complexity index is 701. The SMILES string of the molecule is C[C@@H](c1ccncc1)N(C)C(=O)N[C@@H]1CCCN(c2cnn(C)c2)C1. The highest BCUT2D eigenvalue weighted by Gasteiger charge is 2.25. The number of carbonyl (C=O) groups is 1. The molecule has 1 saturated heterocycles. The summed E-state index contributed by atoms with van der Waals surface area (Å²) in [6.45, 7) is 3.84. The third-order valence-electron chi connectivity index (χ3n) is 4.90. The number of urea groups is 1. The molecule has 1 aliphatic heterocycles.